The average Bonchev–Trinajstić information content (AvgIpc) is 3.43. The molecule has 1 atom stereocenters. The molecule has 2 aromatic carbocycles. The predicted molar refractivity (Wildman–Crippen MR) is 125 cm³/mol. The molecule has 3 heterocycles. The van der Waals surface area contributed by atoms with Gasteiger partial charge in [0.1, 0.15) is 12.4 Å². The van der Waals surface area contributed by atoms with Crippen molar-refractivity contribution in [2.75, 3.05) is 12.4 Å². The SMILES string of the molecule is Cc1cc(C(=O)CSc2nnc(C3COc4ccccc4O3)o2)c(C)n1-c1ccc(F)c(Cl)c1. The summed E-state index contributed by atoms with van der Waals surface area (Å²) in [4.78, 5) is 12.9. The number of thioether (sulfide) groups is 1. The van der Waals surface area contributed by atoms with Crippen LogP contribution in [0.15, 0.2) is 58.2 Å². The van der Waals surface area contributed by atoms with E-state index in [0.717, 1.165) is 23.1 Å². The quantitative estimate of drug-likeness (QED) is 0.246. The number of halogens is 2. The summed E-state index contributed by atoms with van der Waals surface area (Å²) < 4.78 is 32.7. The number of hydrogen-bond acceptors (Lipinski definition) is 7. The summed E-state index contributed by atoms with van der Waals surface area (Å²) >= 11 is 7.09. The first-order valence-electron chi connectivity index (χ1n) is 10.4. The highest BCUT2D eigenvalue weighted by atomic mass is 35.5. The Labute approximate surface area is 203 Å². The van der Waals surface area contributed by atoms with Crippen LogP contribution in [-0.4, -0.2) is 32.9 Å². The van der Waals surface area contributed by atoms with E-state index in [0.29, 0.717) is 22.7 Å². The van der Waals surface area contributed by atoms with E-state index >= 15 is 0 Å². The van der Waals surface area contributed by atoms with Crippen LogP contribution in [0.3, 0.4) is 0 Å². The number of ketones is 1. The molecule has 7 nitrogen and oxygen atoms in total. The maximum Gasteiger partial charge on any atom is 0.277 e. The Kier molecular flexibility index (Phi) is 6.05. The van der Waals surface area contributed by atoms with E-state index in [4.69, 9.17) is 25.5 Å². The van der Waals surface area contributed by atoms with Gasteiger partial charge in [-0.15, -0.1) is 10.2 Å². The Morgan fingerprint density at radius 3 is 2.76 bits per heavy atom. The predicted octanol–water partition coefficient (Wildman–Crippen LogP) is 5.76. The van der Waals surface area contributed by atoms with Gasteiger partial charge in [0.25, 0.3) is 11.1 Å². The van der Waals surface area contributed by atoms with E-state index in [1.54, 1.807) is 12.1 Å². The second-order valence-electron chi connectivity index (χ2n) is 7.70. The number of carbonyl (C=O) groups excluding carboxylic acids is 1. The van der Waals surface area contributed by atoms with Gasteiger partial charge in [-0.3, -0.25) is 4.79 Å². The smallest absolute Gasteiger partial charge is 0.277 e. The molecule has 10 heteroatoms. The fourth-order valence-corrected chi connectivity index (χ4v) is 4.65. The van der Waals surface area contributed by atoms with Crippen molar-refractivity contribution < 1.29 is 23.1 Å². The highest BCUT2D eigenvalue weighted by Crippen LogP contribution is 2.36. The summed E-state index contributed by atoms with van der Waals surface area (Å²) in [6, 6.07) is 13.6. The molecule has 0 saturated heterocycles. The minimum atomic E-state index is -0.520. The molecule has 0 N–H and O–H groups in total. The second kappa shape index (κ2) is 9.15. The lowest BCUT2D eigenvalue weighted by molar-refractivity contribution is 0.0686. The molecule has 1 unspecified atom stereocenters. The molecule has 4 aromatic rings. The molecule has 0 aliphatic carbocycles. The molecule has 2 aromatic heterocycles. The Morgan fingerprint density at radius 1 is 1.18 bits per heavy atom. The van der Waals surface area contributed by atoms with Crippen molar-refractivity contribution in [3.05, 3.63) is 82.2 Å². The lowest BCUT2D eigenvalue weighted by Crippen LogP contribution is -2.21. The van der Waals surface area contributed by atoms with E-state index in [-0.39, 0.29) is 34.3 Å². The zero-order valence-corrected chi connectivity index (χ0v) is 19.8. The van der Waals surface area contributed by atoms with E-state index in [9.17, 15) is 9.18 Å². The summed E-state index contributed by atoms with van der Waals surface area (Å²) in [6.45, 7) is 3.97. The lowest BCUT2D eigenvalue weighted by atomic mass is 10.2. The van der Waals surface area contributed by atoms with Crippen LogP contribution in [0.5, 0.6) is 11.5 Å². The molecule has 0 radical (unpaired) electrons. The number of benzene rings is 2. The van der Waals surface area contributed by atoms with E-state index in [1.165, 1.54) is 12.1 Å². The van der Waals surface area contributed by atoms with Crippen molar-refractivity contribution >= 4 is 29.1 Å². The number of fused-ring (bicyclic) bond motifs is 1. The van der Waals surface area contributed by atoms with Gasteiger partial charge in [-0.05, 0) is 50.2 Å². The van der Waals surface area contributed by atoms with Gasteiger partial charge < -0.3 is 18.5 Å². The van der Waals surface area contributed by atoms with Gasteiger partial charge in [0.05, 0.1) is 10.8 Å². The molecular weight excluding hydrogens is 481 g/mol. The normalized spacial score (nSPS) is 14.9. The third-order valence-electron chi connectivity index (χ3n) is 5.43. The fourth-order valence-electron chi connectivity index (χ4n) is 3.82. The van der Waals surface area contributed by atoms with Crippen LogP contribution in [0.1, 0.15) is 33.7 Å². The van der Waals surface area contributed by atoms with Crippen LogP contribution in [0, 0.1) is 19.7 Å². The van der Waals surface area contributed by atoms with Crippen molar-refractivity contribution in [1.29, 1.82) is 0 Å². The molecule has 34 heavy (non-hydrogen) atoms. The largest absolute Gasteiger partial charge is 0.485 e. The summed E-state index contributed by atoms with van der Waals surface area (Å²) in [5.41, 5.74) is 2.82. The Hall–Kier alpha value is -3.30. The number of ether oxygens (including phenoxy) is 2. The number of aromatic nitrogens is 3. The molecule has 0 fully saturated rings. The molecule has 174 valence electrons. The van der Waals surface area contributed by atoms with Crippen molar-refractivity contribution in [2.24, 2.45) is 0 Å². The Bertz CT molecular complexity index is 1390. The van der Waals surface area contributed by atoms with Crippen molar-refractivity contribution in [1.82, 2.24) is 14.8 Å². The summed E-state index contributed by atoms with van der Waals surface area (Å²) in [5.74, 6) is 1.09. The zero-order chi connectivity index (χ0) is 23.8. The average molecular weight is 500 g/mol. The van der Waals surface area contributed by atoms with Gasteiger partial charge in [-0.1, -0.05) is 35.5 Å². The van der Waals surface area contributed by atoms with Crippen molar-refractivity contribution in [3.8, 4) is 17.2 Å². The minimum Gasteiger partial charge on any atom is -0.485 e. The number of carbonyl (C=O) groups is 1. The molecule has 0 saturated carbocycles. The molecule has 0 bridgehead atoms. The molecule has 0 spiro atoms. The number of para-hydroxylation sites is 2. The van der Waals surface area contributed by atoms with Gasteiger partial charge in [0.2, 0.25) is 6.10 Å². The van der Waals surface area contributed by atoms with Gasteiger partial charge in [-0.25, -0.2) is 4.39 Å². The minimum absolute atomic E-state index is 0.0245. The molecule has 1 aliphatic heterocycles. The first kappa shape index (κ1) is 22.5. The highest BCUT2D eigenvalue weighted by molar-refractivity contribution is 7.99. The van der Waals surface area contributed by atoms with Crippen molar-refractivity contribution in [2.45, 2.75) is 25.2 Å². The summed E-state index contributed by atoms with van der Waals surface area (Å²) in [5, 5.41) is 8.37. The summed E-state index contributed by atoms with van der Waals surface area (Å²) in [6.07, 6.45) is -0.520. The number of aryl methyl sites for hydroxylation is 1. The van der Waals surface area contributed by atoms with E-state index in [2.05, 4.69) is 10.2 Å². The number of rotatable bonds is 6. The summed E-state index contributed by atoms with van der Waals surface area (Å²) in [7, 11) is 0. The Balaban J connectivity index is 1.27. The van der Waals surface area contributed by atoms with Gasteiger partial charge in [0, 0.05) is 22.6 Å². The molecule has 1 aliphatic rings. The third-order valence-corrected chi connectivity index (χ3v) is 6.53. The van der Waals surface area contributed by atoms with Gasteiger partial charge in [0.15, 0.2) is 17.3 Å². The van der Waals surface area contributed by atoms with Gasteiger partial charge >= 0.3 is 0 Å². The molecule has 0 amide bonds. The third kappa shape index (κ3) is 4.28. The Morgan fingerprint density at radius 2 is 1.97 bits per heavy atom. The monoisotopic (exact) mass is 499 g/mol. The first-order chi connectivity index (χ1) is 16.4. The topological polar surface area (TPSA) is 79.4 Å². The van der Waals surface area contributed by atoms with Crippen LogP contribution in [0.4, 0.5) is 4.39 Å². The fraction of sp³-hybridized carbons (Fsp3) is 0.208. The number of nitrogens with zero attached hydrogens (tertiary/aromatic N) is 3. The molecule has 5 rings (SSSR count). The second-order valence-corrected chi connectivity index (χ2v) is 9.03. The van der Waals surface area contributed by atoms with Crippen molar-refractivity contribution in [3.63, 3.8) is 0 Å². The number of hydrogen-bond donors (Lipinski definition) is 0. The zero-order valence-electron chi connectivity index (χ0n) is 18.2. The van der Waals surface area contributed by atoms with Crippen LogP contribution in [0.25, 0.3) is 5.69 Å². The molecular formula is C24H19ClFN3O4S. The number of Topliss-reactive ketones (excluding diaryl/α,β-unsaturated/α-hetero) is 1. The van der Waals surface area contributed by atoms with Gasteiger partial charge in [-0.2, -0.15) is 0 Å². The van der Waals surface area contributed by atoms with E-state index < -0.39 is 11.9 Å². The van der Waals surface area contributed by atoms with E-state index in [1.807, 2.05) is 42.7 Å². The van der Waals surface area contributed by atoms with Crippen LogP contribution >= 0.6 is 23.4 Å². The van der Waals surface area contributed by atoms with Crippen LogP contribution in [-0.2, 0) is 0 Å². The highest BCUT2D eigenvalue weighted by Gasteiger charge is 2.27. The maximum absolute atomic E-state index is 13.6. The van der Waals surface area contributed by atoms with Crippen LogP contribution < -0.4 is 9.47 Å². The maximum atomic E-state index is 13.6. The standard InChI is InChI=1S/C24H19ClFN3O4S/c1-13-9-16(14(2)29(13)15-7-8-18(26)17(25)10-15)19(30)12-34-24-28-27-23(33-24)22-11-31-20-5-3-4-6-21(20)32-22/h3-10,22H,11-12H2,1-2H3. The first-order valence-corrected chi connectivity index (χ1v) is 11.8. The van der Waals surface area contributed by atoms with Crippen LogP contribution in [0.2, 0.25) is 5.02 Å². The lowest BCUT2D eigenvalue weighted by Gasteiger charge is -2.23.